The molecule has 1 heterocycles. The van der Waals surface area contributed by atoms with Crippen LogP contribution >= 0.6 is 11.8 Å². The molecule has 1 fully saturated rings. The largest absolute Gasteiger partial charge is 0.298 e. The first-order chi connectivity index (χ1) is 5.55. The van der Waals surface area contributed by atoms with E-state index in [-0.39, 0.29) is 0 Å². The zero-order chi connectivity index (χ0) is 9.19. The van der Waals surface area contributed by atoms with Gasteiger partial charge in [0.05, 0.1) is 0 Å². The van der Waals surface area contributed by atoms with Crippen molar-refractivity contribution in [2.45, 2.75) is 44.9 Å². The standard InChI is InChI=1S/C10H21NS/c1-5-9(2)11-6-7-12-10(3,4)8-11/h9H,5-8H2,1-4H3. The zero-order valence-electron chi connectivity index (χ0n) is 8.76. The minimum absolute atomic E-state index is 0.474. The Morgan fingerprint density at radius 3 is 2.67 bits per heavy atom. The maximum atomic E-state index is 2.62. The van der Waals surface area contributed by atoms with E-state index in [0.717, 1.165) is 6.04 Å². The lowest BCUT2D eigenvalue weighted by molar-refractivity contribution is 0.195. The van der Waals surface area contributed by atoms with Gasteiger partial charge < -0.3 is 0 Å². The molecule has 0 N–H and O–H groups in total. The van der Waals surface area contributed by atoms with Gasteiger partial charge >= 0.3 is 0 Å². The van der Waals surface area contributed by atoms with Crippen molar-refractivity contribution in [1.29, 1.82) is 0 Å². The average molecular weight is 187 g/mol. The van der Waals surface area contributed by atoms with Crippen LogP contribution < -0.4 is 0 Å². The Morgan fingerprint density at radius 2 is 2.17 bits per heavy atom. The first-order valence-corrected chi connectivity index (χ1v) is 5.92. The molecule has 0 saturated carbocycles. The normalized spacial score (nSPS) is 27.0. The SMILES string of the molecule is CCC(C)N1CCSC(C)(C)C1. The summed E-state index contributed by atoms with van der Waals surface area (Å²) >= 11 is 2.11. The van der Waals surface area contributed by atoms with E-state index in [1.54, 1.807) is 0 Å². The Kier molecular flexibility index (Phi) is 3.47. The summed E-state index contributed by atoms with van der Waals surface area (Å²) in [6, 6.07) is 0.769. The first kappa shape index (κ1) is 10.4. The Hall–Kier alpha value is 0.310. The molecule has 1 aliphatic rings. The molecule has 0 radical (unpaired) electrons. The topological polar surface area (TPSA) is 3.24 Å². The van der Waals surface area contributed by atoms with E-state index in [9.17, 15) is 0 Å². The van der Waals surface area contributed by atoms with E-state index < -0.39 is 0 Å². The number of nitrogens with zero attached hydrogens (tertiary/aromatic N) is 1. The van der Waals surface area contributed by atoms with Crippen molar-refractivity contribution >= 4 is 11.8 Å². The van der Waals surface area contributed by atoms with E-state index >= 15 is 0 Å². The third-order valence-electron chi connectivity index (χ3n) is 2.67. The molecule has 1 aliphatic heterocycles. The second-order valence-corrected chi connectivity index (χ2v) is 6.14. The summed E-state index contributed by atoms with van der Waals surface area (Å²) < 4.78 is 0.474. The highest BCUT2D eigenvalue weighted by atomic mass is 32.2. The van der Waals surface area contributed by atoms with Gasteiger partial charge in [-0.05, 0) is 27.2 Å². The van der Waals surface area contributed by atoms with Crippen molar-refractivity contribution in [3.8, 4) is 0 Å². The smallest absolute Gasteiger partial charge is 0.0231 e. The third-order valence-corrected chi connectivity index (χ3v) is 3.97. The molecular weight excluding hydrogens is 166 g/mol. The molecule has 12 heavy (non-hydrogen) atoms. The van der Waals surface area contributed by atoms with Crippen molar-refractivity contribution in [2.24, 2.45) is 0 Å². The lowest BCUT2D eigenvalue weighted by Crippen LogP contribution is -2.47. The van der Waals surface area contributed by atoms with Crippen LogP contribution in [0.4, 0.5) is 0 Å². The number of hydrogen-bond donors (Lipinski definition) is 0. The average Bonchev–Trinajstić information content (AvgIpc) is 2.01. The first-order valence-electron chi connectivity index (χ1n) is 4.93. The van der Waals surface area contributed by atoms with Gasteiger partial charge in [-0.3, -0.25) is 4.90 Å². The molecule has 0 spiro atoms. The lowest BCUT2D eigenvalue weighted by atomic mass is 10.1. The fourth-order valence-electron chi connectivity index (χ4n) is 1.69. The van der Waals surface area contributed by atoms with Crippen LogP contribution in [0.25, 0.3) is 0 Å². The van der Waals surface area contributed by atoms with Crippen molar-refractivity contribution < 1.29 is 0 Å². The third kappa shape index (κ3) is 2.67. The molecule has 0 amide bonds. The van der Waals surface area contributed by atoms with E-state index in [1.807, 2.05) is 0 Å². The molecule has 1 rings (SSSR count). The molecule has 1 atom stereocenters. The van der Waals surface area contributed by atoms with Crippen LogP contribution in [0.3, 0.4) is 0 Å². The van der Waals surface area contributed by atoms with Gasteiger partial charge in [0.2, 0.25) is 0 Å². The summed E-state index contributed by atoms with van der Waals surface area (Å²) in [6.07, 6.45) is 1.28. The van der Waals surface area contributed by atoms with Gasteiger partial charge in [0.25, 0.3) is 0 Å². The summed E-state index contributed by atoms with van der Waals surface area (Å²) in [4.78, 5) is 2.62. The Morgan fingerprint density at radius 1 is 1.50 bits per heavy atom. The van der Waals surface area contributed by atoms with Crippen LogP contribution in [0.5, 0.6) is 0 Å². The summed E-state index contributed by atoms with van der Waals surface area (Å²) in [5.74, 6) is 1.30. The van der Waals surface area contributed by atoms with Crippen molar-refractivity contribution in [2.75, 3.05) is 18.8 Å². The summed E-state index contributed by atoms with van der Waals surface area (Å²) in [5, 5.41) is 0. The van der Waals surface area contributed by atoms with Gasteiger partial charge in [-0.25, -0.2) is 0 Å². The Labute approximate surface area is 80.9 Å². The highest BCUT2D eigenvalue weighted by molar-refractivity contribution is 8.00. The van der Waals surface area contributed by atoms with Gasteiger partial charge in [0, 0.05) is 29.6 Å². The minimum atomic E-state index is 0.474. The fourth-order valence-corrected chi connectivity index (χ4v) is 2.82. The molecule has 1 saturated heterocycles. The van der Waals surface area contributed by atoms with Crippen LogP contribution in [0, 0.1) is 0 Å². The molecule has 72 valence electrons. The van der Waals surface area contributed by atoms with Crippen LogP contribution in [-0.4, -0.2) is 34.5 Å². The van der Waals surface area contributed by atoms with E-state index in [2.05, 4.69) is 44.4 Å². The van der Waals surface area contributed by atoms with Crippen molar-refractivity contribution in [3.05, 3.63) is 0 Å². The van der Waals surface area contributed by atoms with Gasteiger partial charge in [0.15, 0.2) is 0 Å². The summed E-state index contributed by atoms with van der Waals surface area (Å²) in [7, 11) is 0. The van der Waals surface area contributed by atoms with Crippen molar-refractivity contribution in [3.63, 3.8) is 0 Å². The molecule has 0 bridgehead atoms. The molecule has 0 aromatic carbocycles. The molecular formula is C10H21NS. The van der Waals surface area contributed by atoms with Crippen LogP contribution in [0.1, 0.15) is 34.1 Å². The predicted molar refractivity (Wildman–Crippen MR) is 57.9 cm³/mol. The number of hydrogen-bond acceptors (Lipinski definition) is 2. The highest BCUT2D eigenvalue weighted by Crippen LogP contribution is 2.30. The van der Waals surface area contributed by atoms with Gasteiger partial charge in [-0.2, -0.15) is 11.8 Å². The van der Waals surface area contributed by atoms with E-state index in [1.165, 1.54) is 25.3 Å². The second kappa shape index (κ2) is 4.01. The number of thioether (sulfide) groups is 1. The molecule has 0 aliphatic carbocycles. The molecule has 1 nitrogen and oxygen atoms in total. The van der Waals surface area contributed by atoms with Gasteiger partial charge in [-0.15, -0.1) is 0 Å². The number of rotatable bonds is 2. The van der Waals surface area contributed by atoms with E-state index in [4.69, 9.17) is 0 Å². The quantitative estimate of drug-likeness (QED) is 0.654. The molecule has 1 unspecified atom stereocenters. The van der Waals surface area contributed by atoms with Crippen LogP contribution in [0.15, 0.2) is 0 Å². The lowest BCUT2D eigenvalue weighted by Gasteiger charge is -2.40. The maximum absolute atomic E-state index is 2.62. The molecule has 2 heteroatoms. The second-order valence-electron chi connectivity index (χ2n) is 4.34. The maximum Gasteiger partial charge on any atom is 0.0231 e. The van der Waals surface area contributed by atoms with Gasteiger partial charge in [0.1, 0.15) is 0 Å². The minimum Gasteiger partial charge on any atom is -0.298 e. The summed E-state index contributed by atoms with van der Waals surface area (Å²) in [5.41, 5.74) is 0. The van der Waals surface area contributed by atoms with Crippen molar-refractivity contribution in [1.82, 2.24) is 4.90 Å². The van der Waals surface area contributed by atoms with Gasteiger partial charge in [-0.1, -0.05) is 6.92 Å². The molecule has 0 aromatic heterocycles. The highest BCUT2D eigenvalue weighted by Gasteiger charge is 2.28. The monoisotopic (exact) mass is 187 g/mol. The van der Waals surface area contributed by atoms with E-state index in [0.29, 0.717) is 4.75 Å². The Balaban J connectivity index is 2.46. The zero-order valence-corrected chi connectivity index (χ0v) is 9.58. The predicted octanol–water partition coefficient (Wildman–Crippen LogP) is 2.61. The molecule has 0 aromatic rings. The van der Waals surface area contributed by atoms with Crippen LogP contribution in [0.2, 0.25) is 0 Å². The summed E-state index contributed by atoms with van der Waals surface area (Å²) in [6.45, 7) is 11.9. The Bertz CT molecular complexity index is 145. The fraction of sp³-hybridized carbons (Fsp3) is 1.00. The van der Waals surface area contributed by atoms with Crippen LogP contribution in [-0.2, 0) is 0 Å².